The summed E-state index contributed by atoms with van der Waals surface area (Å²) in [6, 6.07) is 2.55. The van der Waals surface area contributed by atoms with Crippen molar-refractivity contribution in [3.05, 3.63) is 17.7 Å². The molecule has 0 spiro atoms. The van der Waals surface area contributed by atoms with Crippen molar-refractivity contribution >= 4 is 25.7 Å². The van der Waals surface area contributed by atoms with Gasteiger partial charge in [0.2, 0.25) is 0 Å². The average Bonchev–Trinajstić information content (AvgIpc) is 2.32. The zero-order valence-corrected chi connectivity index (χ0v) is 15.6. The molecule has 7 heteroatoms. The third-order valence-electron chi connectivity index (χ3n) is 2.16. The highest BCUT2D eigenvalue weighted by Crippen LogP contribution is 2.37. The summed E-state index contributed by atoms with van der Waals surface area (Å²) in [7, 11) is 1.40. The lowest BCUT2D eigenvalue weighted by Crippen LogP contribution is -2.24. The van der Waals surface area contributed by atoms with Gasteiger partial charge in [-0.3, -0.25) is 4.79 Å². The first-order valence-corrected chi connectivity index (χ1v) is 9.18. The van der Waals surface area contributed by atoms with E-state index in [0.717, 1.165) is 0 Å². The molecule has 0 N–H and O–H groups in total. The highest BCUT2D eigenvalue weighted by Gasteiger charge is 2.22. The van der Waals surface area contributed by atoms with E-state index in [0.29, 0.717) is 11.3 Å². The minimum Gasteiger partial charge on any atom is -0.484 e. The van der Waals surface area contributed by atoms with Gasteiger partial charge in [-0.1, -0.05) is 13.8 Å². The van der Waals surface area contributed by atoms with Gasteiger partial charge in [-0.2, -0.15) is 0 Å². The number of ether oxygens (including phenoxy) is 2. The lowest BCUT2D eigenvalue weighted by molar-refractivity contribution is -0.132. The Morgan fingerprint density at radius 1 is 1.18 bits per heavy atom. The Morgan fingerprint density at radius 3 is 2.05 bits per heavy atom. The summed E-state index contributed by atoms with van der Waals surface area (Å²) in [5.74, 6) is -0.226. The maximum Gasteiger partial charge on any atom is 0.308 e. The summed E-state index contributed by atoms with van der Waals surface area (Å²) >= 11 is 0. The van der Waals surface area contributed by atoms with Crippen LogP contribution in [0.15, 0.2) is 17.0 Å². The van der Waals surface area contributed by atoms with Crippen LogP contribution in [0.4, 0.5) is 0 Å². The minimum absolute atomic E-state index is 0.0339. The molecule has 0 saturated carbocycles. The molecule has 0 aromatic heterocycles. The fraction of sp³-hybridized carbons (Fsp3) is 0.533. The first-order valence-electron chi connectivity index (χ1n) is 6.87. The van der Waals surface area contributed by atoms with Gasteiger partial charge in [0.1, 0.15) is 5.60 Å². The monoisotopic (exact) mass is 350 g/mol. The molecule has 0 aliphatic carbocycles. The quantitative estimate of drug-likeness (QED) is 0.467. The van der Waals surface area contributed by atoms with Crippen molar-refractivity contribution in [3.63, 3.8) is 0 Å². The van der Waals surface area contributed by atoms with E-state index in [2.05, 4.69) is 0 Å². The third-order valence-corrected chi connectivity index (χ3v) is 3.49. The SMILES string of the molecule is CC.CC(=O)Oc1cc(S(=O)(=O)Cl)cc(C)c1OC(C)(C)C. The summed E-state index contributed by atoms with van der Waals surface area (Å²) in [6.45, 7) is 12.4. The predicted octanol–water partition coefficient (Wildman–Crippen LogP) is 4.05. The van der Waals surface area contributed by atoms with E-state index in [1.54, 1.807) is 6.92 Å². The molecular weight excluding hydrogens is 328 g/mol. The van der Waals surface area contributed by atoms with E-state index in [1.165, 1.54) is 19.1 Å². The van der Waals surface area contributed by atoms with E-state index in [1.807, 2.05) is 34.6 Å². The summed E-state index contributed by atoms with van der Waals surface area (Å²) < 4.78 is 33.5. The van der Waals surface area contributed by atoms with Crippen LogP contribution >= 0.6 is 10.7 Å². The number of carbonyl (C=O) groups is 1. The van der Waals surface area contributed by atoms with Gasteiger partial charge >= 0.3 is 5.97 Å². The van der Waals surface area contributed by atoms with Crippen molar-refractivity contribution in [2.45, 2.75) is 59.0 Å². The van der Waals surface area contributed by atoms with Crippen LogP contribution in [0.25, 0.3) is 0 Å². The van der Waals surface area contributed by atoms with Gasteiger partial charge in [-0.15, -0.1) is 0 Å². The number of halogens is 1. The number of benzene rings is 1. The molecule has 0 fully saturated rings. The van der Waals surface area contributed by atoms with Crippen LogP contribution in [0, 0.1) is 6.92 Å². The van der Waals surface area contributed by atoms with Crippen molar-refractivity contribution in [1.29, 1.82) is 0 Å². The molecule has 1 aromatic carbocycles. The number of hydrogen-bond donors (Lipinski definition) is 0. The first-order chi connectivity index (χ1) is 9.90. The van der Waals surface area contributed by atoms with E-state index >= 15 is 0 Å². The molecule has 1 aromatic rings. The first kappa shape index (κ1) is 20.7. The van der Waals surface area contributed by atoms with Crippen LogP contribution < -0.4 is 9.47 Å². The standard InChI is InChI=1S/C13H17ClO5S.C2H6/c1-8-6-10(20(14,16)17)7-11(18-9(2)15)12(8)19-13(3,4)5;1-2/h6-7H,1-5H3;1-2H3. The number of rotatable bonds is 3. The molecule has 126 valence electrons. The average molecular weight is 351 g/mol. The van der Waals surface area contributed by atoms with Crippen LogP contribution in [0.5, 0.6) is 11.5 Å². The Bertz CT molecular complexity index is 630. The van der Waals surface area contributed by atoms with E-state index < -0.39 is 20.6 Å². The Kier molecular flexibility index (Phi) is 7.38. The van der Waals surface area contributed by atoms with E-state index in [-0.39, 0.29) is 10.6 Å². The number of hydrogen-bond acceptors (Lipinski definition) is 5. The van der Waals surface area contributed by atoms with Crippen LogP contribution in [-0.2, 0) is 13.8 Å². The smallest absolute Gasteiger partial charge is 0.308 e. The molecular formula is C15H23ClO5S. The lowest BCUT2D eigenvalue weighted by Gasteiger charge is -2.24. The molecule has 22 heavy (non-hydrogen) atoms. The normalized spacial score (nSPS) is 11.3. The predicted molar refractivity (Wildman–Crippen MR) is 87.3 cm³/mol. The fourth-order valence-electron chi connectivity index (χ4n) is 1.52. The van der Waals surface area contributed by atoms with Gasteiger partial charge in [-0.05, 0) is 39.3 Å². The van der Waals surface area contributed by atoms with Crippen molar-refractivity contribution < 1.29 is 22.7 Å². The number of esters is 1. The molecule has 0 saturated heterocycles. The van der Waals surface area contributed by atoms with Crippen molar-refractivity contribution in [2.24, 2.45) is 0 Å². The summed E-state index contributed by atoms with van der Waals surface area (Å²) in [4.78, 5) is 11.0. The molecule has 0 aliphatic rings. The highest BCUT2D eigenvalue weighted by atomic mass is 35.7. The molecule has 0 amide bonds. The number of aryl methyl sites for hydroxylation is 1. The Balaban J connectivity index is 0.00000211. The van der Waals surface area contributed by atoms with Gasteiger partial charge < -0.3 is 9.47 Å². The molecule has 1 rings (SSSR count). The van der Waals surface area contributed by atoms with Crippen LogP contribution in [0.2, 0.25) is 0 Å². The van der Waals surface area contributed by atoms with Gasteiger partial charge in [-0.25, -0.2) is 8.42 Å². The Labute approximate surface area is 137 Å². The van der Waals surface area contributed by atoms with Crippen LogP contribution in [0.1, 0.15) is 47.1 Å². The van der Waals surface area contributed by atoms with Gasteiger partial charge in [0, 0.05) is 23.7 Å². The zero-order chi connectivity index (χ0) is 17.7. The maximum absolute atomic E-state index is 11.4. The maximum atomic E-state index is 11.4. The molecule has 0 bridgehead atoms. The minimum atomic E-state index is -3.92. The van der Waals surface area contributed by atoms with Crippen LogP contribution in [-0.4, -0.2) is 20.0 Å². The number of carbonyl (C=O) groups excluding carboxylic acids is 1. The van der Waals surface area contributed by atoms with E-state index in [4.69, 9.17) is 20.2 Å². The summed E-state index contributed by atoms with van der Waals surface area (Å²) in [5, 5.41) is 0. The van der Waals surface area contributed by atoms with E-state index in [9.17, 15) is 13.2 Å². The second kappa shape index (κ2) is 7.83. The molecule has 5 nitrogen and oxygen atoms in total. The largest absolute Gasteiger partial charge is 0.484 e. The van der Waals surface area contributed by atoms with Gasteiger partial charge in [0.25, 0.3) is 9.05 Å². The molecule has 0 radical (unpaired) electrons. The van der Waals surface area contributed by atoms with Crippen molar-refractivity contribution in [3.8, 4) is 11.5 Å². The molecule has 0 aliphatic heterocycles. The second-order valence-electron chi connectivity index (χ2n) is 5.31. The van der Waals surface area contributed by atoms with Gasteiger partial charge in [0.05, 0.1) is 4.90 Å². The molecule has 0 atom stereocenters. The fourth-order valence-corrected chi connectivity index (χ4v) is 2.35. The second-order valence-corrected chi connectivity index (χ2v) is 7.88. The summed E-state index contributed by atoms with van der Waals surface area (Å²) in [5.41, 5.74) is -0.0148. The Morgan fingerprint density at radius 2 is 1.68 bits per heavy atom. The topological polar surface area (TPSA) is 69.7 Å². The van der Waals surface area contributed by atoms with Gasteiger partial charge in [0.15, 0.2) is 11.5 Å². The van der Waals surface area contributed by atoms with Crippen molar-refractivity contribution in [1.82, 2.24) is 0 Å². The van der Waals surface area contributed by atoms with Crippen molar-refractivity contribution in [2.75, 3.05) is 0 Å². The molecule has 0 heterocycles. The Hall–Kier alpha value is -1.27. The molecule has 0 unspecified atom stereocenters. The van der Waals surface area contributed by atoms with Crippen LogP contribution in [0.3, 0.4) is 0 Å². The zero-order valence-electron chi connectivity index (χ0n) is 14.0. The highest BCUT2D eigenvalue weighted by molar-refractivity contribution is 8.13. The lowest BCUT2D eigenvalue weighted by atomic mass is 10.1. The summed E-state index contributed by atoms with van der Waals surface area (Å²) in [6.07, 6.45) is 0. The third kappa shape index (κ3) is 6.66.